The monoisotopic (exact) mass is 230 g/mol. The number of halogens is 4. The molecule has 0 aromatic heterocycles. The topological polar surface area (TPSA) is 54.4 Å². The van der Waals surface area contributed by atoms with E-state index in [9.17, 15) is 25.5 Å². The van der Waals surface area contributed by atoms with Crippen molar-refractivity contribution in [2.75, 3.05) is 0 Å². The van der Waals surface area contributed by atoms with Crippen molar-refractivity contribution < 1.29 is 30.6 Å². The Kier molecular flexibility index (Phi) is 2.40. The molecule has 0 radical (unpaired) electrons. The number of hydrogen-bond acceptors (Lipinski definition) is 3. The maximum Gasteiger partial charge on any atom is 0.338 e. The molecular formula is C6H2F4O3S. The zero-order valence-electron chi connectivity index (χ0n) is 6.26. The molecule has 0 aliphatic heterocycles. The van der Waals surface area contributed by atoms with Crippen LogP contribution in [0.1, 0.15) is 0 Å². The van der Waals surface area contributed by atoms with Gasteiger partial charge in [0.25, 0.3) is 0 Å². The standard InChI is InChI=1S/C6H2F4O3S/c7-2-1-3(11)6(14(10,12)13)5(9)4(2)8/h1,11H. The molecule has 1 aromatic rings. The van der Waals surface area contributed by atoms with Gasteiger partial charge in [0.15, 0.2) is 22.3 Å². The average Bonchev–Trinajstić information content (AvgIpc) is 1.97. The lowest BCUT2D eigenvalue weighted by Gasteiger charge is -2.02. The fourth-order valence-corrected chi connectivity index (χ4v) is 1.41. The first kappa shape index (κ1) is 10.8. The van der Waals surface area contributed by atoms with Crippen LogP contribution in [0.15, 0.2) is 11.0 Å². The number of benzene rings is 1. The Morgan fingerprint density at radius 3 is 2.07 bits per heavy atom. The molecule has 14 heavy (non-hydrogen) atoms. The largest absolute Gasteiger partial charge is 0.506 e. The van der Waals surface area contributed by atoms with Crippen molar-refractivity contribution in [3.05, 3.63) is 23.5 Å². The van der Waals surface area contributed by atoms with Gasteiger partial charge in [-0.2, -0.15) is 8.42 Å². The Hall–Kier alpha value is -1.31. The lowest BCUT2D eigenvalue weighted by molar-refractivity contribution is 0.392. The van der Waals surface area contributed by atoms with Crippen molar-refractivity contribution in [3.63, 3.8) is 0 Å². The second-order valence-corrected chi connectivity index (χ2v) is 3.56. The number of rotatable bonds is 1. The van der Waals surface area contributed by atoms with E-state index in [2.05, 4.69) is 0 Å². The van der Waals surface area contributed by atoms with Crippen LogP contribution < -0.4 is 0 Å². The van der Waals surface area contributed by atoms with E-state index in [1.807, 2.05) is 0 Å². The summed E-state index contributed by atoms with van der Waals surface area (Å²) in [6, 6.07) is -0.0368. The van der Waals surface area contributed by atoms with E-state index in [0.29, 0.717) is 0 Å². The molecule has 0 fully saturated rings. The summed E-state index contributed by atoms with van der Waals surface area (Å²) in [6.07, 6.45) is 0. The first-order valence-corrected chi connectivity index (χ1v) is 4.44. The fourth-order valence-electron chi connectivity index (χ4n) is 0.798. The molecule has 0 aliphatic carbocycles. The quantitative estimate of drug-likeness (QED) is 0.451. The van der Waals surface area contributed by atoms with Gasteiger partial charge in [0.2, 0.25) is 0 Å². The van der Waals surface area contributed by atoms with Gasteiger partial charge < -0.3 is 5.11 Å². The van der Waals surface area contributed by atoms with Gasteiger partial charge in [-0.15, -0.1) is 3.89 Å². The third-order valence-electron chi connectivity index (χ3n) is 1.34. The maximum atomic E-state index is 12.6. The molecule has 0 spiro atoms. The second-order valence-electron chi connectivity index (χ2n) is 2.27. The number of phenolic OH excluding ortho intramolecular Hbond substituents is 1. The van der Waals surface area contributed by atoms with Crippen molar-refractivity contribution in [1.29, 1.82) is 0 Å². The average molecular weight is 230 g/mol. The van der Waals surface area contributed by atoms with Gasteiger partial charge in [-0.3, -0.25) is 0 Å². The van der Waals surface area contributed by atoms with Crippen molar-refractivity contribution in [1.82, 2.24) is 0 Å². The molecule has 0 aliphatic rings. The lowest BCUT2D eigenvalue weighted by atomic mass is 10.3. The Balaban J connectivity index is 3.70. The summed E-state index contributed by atoms with van der Waals surface area (Å²) in [4.78, 5) is -1.91. The van der Waals surface area contributed by atoms with Crippen LogP contribution >= 0.6 is 0 Å². The fraction of sp³-hybridized carbons (Fsp3) is 0. The van der Waals surface area contributed by atoms with E-state index >= 15 is 0 Å². The molecular weight excluding hydrogens is 228 g/mol. The molecule has 8 heteroatoms. The van der Waals surface area contributed by atoms with Gasteiger partial charge in [-0.25, -0.2) is 13.2 Å². The third-order valence-corrected chi connectivity index (χ3v) is 2.22. The second kappa shape index (κ2) is 3.12. The predicted molar refractivity (Wildman–Crippen MR) is 36.3 cm³/mol. The Labute approximate surface area is 75.8 Å². The van der Waals surface area contributed by atoms with E-state index in [1.54, 1.807) is 0 Å². The van der Waals surface area contributed by atoms with Crippen molar-refractivity contribution >= 4 is 10.2 Å². The highest BCUT2D eigenvalue weighted by atomic mass is 32.3. The molecule has 3 nitrogen and oxygen atoms in total. The van der Waals surface area contributed by atoms with Crippen LogP contribution in [0.25, 0.3) is 0 Å². The minimum atomic E-state index is -5.64. The molecule has 0 saturated carbocycles. The summed E-state index contributed by atoms with van der Waals surface area (Å²) >= 11 is 0. The van der Waals surface area contributed by atoms with Crippen LogP contribution in [-0.4, -0.2) is 13.5 Å². The molecule has 0 bridgehead atoms. The van der Waals surface area contributed by atoms with E-state index in [1.165, 1.54) is 0 Å². The Bertz CT molecular complexity index is 482. The van der Waals surface area contributed by atoms with Crippen molar-refractivity contribution in [2.45, 2.75) is 4.90 Å². The highest BCUT2D eigenvalue weighted by molar-refractivity contribution is 7.86. The summed E-state index contributed by atoms with van der Waals surface area (Å²) in [5.74, 6) is -7.79. The van der Waals surface area contributed by atoms with Crippen molar-refractivity contribution in [3.8, 4) is 5.75 Å². The molecule has 0 saturated heterocycles. The predicted octanol–water partition coefficient (Wildman–Crippen LogP) is 1.47. The summed E-state index contributed by atoms with van der Waals surface area (Å²) in [5, 5.41) is 8.67. The van der Waals surface area contributed by atoms with Crippen LogP contribution in [-0.2, 0) is 10.2 Å². The van der Waals surface area contributed by atoms with Gasteiger partial charge in [-0.1, -0.05) is 0 Å². The van der Waals surface area contributed by atoms with Crippen LogP contribution in [0, 0.1) is 17.5 Å². The van der Waals surface area contributed by atoms with Gasteiger partial charge in [0.1, 0.15) is 5.75 Å². The summed E-state index contributed by atoms with van der Waals surface area (Å²) in [6.45, 7) is 0. The number of aromatic hydroxyl groups is 1. The summed E-state index contributed by atoms with van der Waals surface area (Å²) < 4.78 is 70.0. The highest BCUT2D eigenvalue weighted by Crippen LogP contribution is 2.30. The normalized spacial score (nSPS) is 11.7. The first-order valence-electron chi connectivity index (χ1n) is 3.06. The molecule has 0 unspecified atom stereocenters. The van der Waals surface area contributed by atoms with Crippen LogP contribution in [0.5, 0.6) is 5.75 Å². The lowest BCUT2D eigenvalue weighted by Crippen LogP contribution is -2.02. The van der Waals surface area contributed by atoms with Gasteiger partial charge >= 0.3 is 10.2 Å². The molecule has 78 valence electrons. The molecule has 0 atom stereocenters. The first-order chi connectivity index (χ1) is 6.25. The van der Waals surface area contributed by atoms with Crippen LogP contribution in [0.4, 0.5) is 17.1 Å². The molecule has 1 aromatic carbocycles. The molecule has 0 amide bonds. The van der Waals surface area contributed by atoms with E-state index in [0.717, 1.165) is 0 Å². The molecule has 1 rings (SSSR count). The summed E-state index contributed by atoms with van der Waals surface area (Å²) in [7, 11) is -5.64. The number of hydrogen-bond donors (Lipinski definition) is 1. The van der Waals surface area contributed by atoms with Crippen LogP contribution in [0.3, 0.4) is 0 Å². The Morgan fingerprint density at radius 1 is 1.14 bits per heavy atom. The smallest absolute Gasteiger partial charge is 0.338 e. The molecule has 1 N–H and O–H groups in total. The summed E-state index contributed by atoms with van der Waals surface area (Å²) in [5.41, 5.74) is 0. The Morgan fingerprint density at radius 2 is 1.64 bits per heavy atom. The van der Waals surface area contributed by atoms with Crippen molar-refractivity contribution in [2.24, 2.45) is 0 Å². The zero-order valence-corrected chi connectivity index (χ0v) is 7.08. The van der Waals surface area contributed by atoms with E-state index in [-0.39, 0.29) is 6.07 Å². The van der Waals surface area contributed by atoms with E-state index < -0.39 is 38.3 Å². The van der Waals surface area contributed by atoms with Crippen LogP contribution in [0.2, 0.25) is 0 Å². The minimum absolute atomic E-state index is 0.0368. The van der Waals surface area contributed by atoms with E-state index in [4.69, 9.17) is 5.11 Å². The number of phenols is 1. The van der Waals surface area contributed by atoms with Gasteiger partial charge in [0.05, 0.1) is 0 Å². The minimum Gasteiger partial charge on any atom is -0.506 e. The zero-order chi connectivity index (χ0) is 11.1. The van der Waals surface area contributed by atoms with Gasteiger partial charge in [-0.05, 0) is 0 Å². The maximum absolute atomic E-state index is 12.6. The molecule has 0 heterocycles. The van der Waals surface area contributed by atoms with Gasteiger partial charge in [0, 0.05) is 6.07 Å². The highest BCUT2D eigenvalue weighted by Gasteiger charge is 2.28. The SMILES string of the molecule is O=S(=O)(F)c1c(O)cc(F)c(F)c1F. The third kappa shape index (κ3) is 1.65.